The summed E-state index contributed by atoms with van der Waals surface area (Å²) >= 11 is 0. The molecule has 8 atom stereocenters. The average Bonchev–Trinajstić information content (AvgIpc) is 3.04. The Morgan fingerprint density at radius 1 is 1.06 bits per heavy atom. The van der Waals surface area contributed by atoms with Gasteiger partial charge in [0.25, 0.3) is 0 Å². The summed E-state index contributed by atoms with van der Waals surface area (Å²) in [7, 11) is -4.38. The van der Waals surface area contributed by atoms with Crippen LogP contribution >= 0.6 is 0 Å². The third kappa shape index (κ3) is 4.60. The van der Waals surface area contributed by atoms with Crippen molar-refractivity contribution in [2.75, 3.05) is 0 Å². The van der Waals surface area contributed by atoms with Crippen LogP contribution in [0.5, 0.6) is 0 Å². The predicted molar refractivity (Wildman–Crippen MR) is 129 cm³/mol. The van der Waals surface area contributed by atoms with E-state index in [0.717, 1.165) is 42.4 Å². The molecule has 0 spiro atoms. The third-order valence-corrected chi connectivity index (χ3v) is 11.0. The number of hydrogen-bond acceptors (Lipinski definition) is 3. The van der Waals surface area contributed by atoms with Crippen molar-refractivity contribution in [2.45, 2.75) is 111 Å². The summed E-state index contributed by atoms with van der Waals surface area (Å²) in [6, 6.07) is 0. The smallest absolute Gasteiger partial charge is 0.264 e. The van der Waals surface area contributed by atoms with Crippen LogP contribution in [-0.4, -0.2) is 19.1 Å². The third-order valence-electron chi connectivity index (χ3n) is 10.5. The summed E-state index contributed by atoms with van der Waals surface area (Å²) in [6.45, 7) is 12.3. The highest BCUT2D eigenvalue weighted by molar-refractivity contribution is 7.80. The summed E-state index contributed by atoms with van der Waals surface area (Å²) in [5, 5.41) is 0. The Labute approximate surface area is 196 Å². The second-order valence-corrected chi connectivity index (χ2v) is 13.7. The van der Waals surface area contributed by atoms with Crippen LogP contribution in [-0.2, 0) is 14.6 Å². The minimum atomic E-state index is -4.38. The molecule has 4 aliphatic rings. The Kier molecular flexibility index (Phi) is 6.95. The van der Waals surface area contributed by atoms with Gasteiger partial charge >= 0.3 is 10.4 Å². The van der Waals surface area contributed by atoms with Gasteiger partial charge in [-0.3, -0.25) is 4.55 Å². The fourth-order valence-electron chi connectivity index (χ4n) is 8.91. The lowest BCUT2D eigenvalue weighted by molar-refractivity contribution is -0.0560. The number of allylic oxidation sites excluding steroid dienone is 1. The van der Waals surface area contributed by atoms with Gasteiger partial charge in [-0.25, -0.2) is 4.18 Å². The van der Waals surface area contributed by atoms with E-state index in [1.807, 2.05) is 0 Å². The van der Waals surface area contributed by atoms with E-state index in [0.29, 0.717) is 24.2 Å². The van der Waals surface area contributed by atoms with Crippen LogP contribution in [0.2, 0.25) is 0 Å². The highest BCUT2D eigenvalue weighted by Gasteiger charge is 2.59. The summed E-state index contributed by atoms with van der Waals surface area (Å²) in [6.07, 6.45) is 15.1. The summed E-state index contributed by atoms with van der Waals surface area (Å²) in [5.41, 5.74) is 2.05. The molecule has 0 aromatic heterocycles. The minimum absolute atomic E-state index is 0.171. The fraction of sp³-hybridized carbons (Fsp3) is 0.926. The second kappa shape index (κ2) is 9.00. The van der Waals surface area contributed by atoms with Gasteiger partial charge < -0.3 is 0 Å². The van der Waals surface area contributed by atoms with E-state index in [1.54, 1.807) is 0 Å². The molecule has 0 saturated heterocycles. The van der Waals surface area contributed by atoms with E-state index >= 15 is 0 Å². The second-order valence-electron chi connectivity index (χ2n) is 12.7. The molecule has 184 valence electrons. The molecule has 3 saturated carbocycles. The van der Waals surface area contributed by atoms with Gasteiger partial charge in [-0.1, -0.05) is 65.5 Å². The van der Waals surface area contributed by atoms with Gasteiger partial charge in [-0.15, -0.1) is 0 Å². The lowest BCUT2D eigenvalue weighted by atomic mass is 9.47. The van der Waals surface area contributed by atoms with Gasteiger partial charge in [0.15, 0.2) is 0 Å². The van der Waals surface area contributed by atoms with E-state index in [9.17, 15) is 8.42 Å². The van der Waals surface area contributed by atoms with E-state index in [2.05, 4.69) is 40.7 Å². The first-order chi connectivity index (χ1) is 14.9. The van der Waals surface area contributed by atoms with Gasteiger partial charge in [-0.05, 0) is 97.7 Å². The van der Waals surface area contributed by atoms with Crippen molar-refractivity contribution in [3.8, 4) is 0 Å². The molecule has 4 nitrogen and oxygen atoms in total. The summed E-state index contributed by atoms with van der Waals surface area (Å²) in [5.74, 6) is 4.83. The van der Waals surface area contributed by atoms with Gasteiger partial charge in [0.2, 0.25) is 0 Å². The van der Waals surface area contributed by atoms with Crippen LogP contribution in [0.4, 0.5) is 0 Å². The summed E-state index contributed by atoms with van der Waals surface area (Å²) in [4.78, 5) is 0. The first-order valence-electron chi connectivity index (χ1n) is 13.3. The first kappa shape index (κ1) is 24.7. The Hall–Kier alpha value is -0.390. The zero-order valence-corrected chi connectivity index (χ0v) is 21.8. The normalized spacial score (nSPS) is 42.7. The van der Waals surface area contributed by atoms with Crippen molar-refractivity contribution < 1.29 is 17.2 Å². The molecule has 4 rings (SSSR count). The van der Waals surface area contributed by atoms with Crippen molar-refractivity contribution in [1.29, 1.82) is 0 Å². The molecule has 0 radical (unpaired) electrons. The quantitative estimate of drug-likeness (QED) is 0.318. The Bertz CT molecular complexity index is 818. The van der Waals surface area contributed by atoms with Crippen molar-refractivity contribution in [3.05, 3.63) is 11.6 Å². The predicted octanol–water partition coefficient (Wildman–Crippen LogP) is 7.22. The van der Waals surface area contributed by atoms with Crippen molar-refractivity contribution in [1.82, 2.24) is 0 Å². The minimum Gasteiger partial charge on any atom is -0.264 e. The molecular weight excluding hydrogens is 420 g/mol. The van der Waals surface area contributed by atoms with Crippen LogP contribution in [0.25, 0.3) is 0 Å². The van der Waals surface area contributed by atoms with Gasteiger partial charge in [0.05, 0.1) is 6.10 Å². The highest BCUT2D eigenvalue weighted by Crippen LogP contribution is 2.67. The maximum atomic E-state index is 11.2. The maximum absolute atomic E-state index is 11.2. The molecule has 0 heterocycles. The summed E-state index contributed by atoms with van der Waals surface area (Å²) < 4.78 is 36.6. The van der Waals surface area contributed by atoms with Crippen LogP contribution in [0, 0.1) is 46.3 Å². The van der Waals surface area contributed by atoms with E-state index in [1.165, 1.54) is 50.5 Å². The molecule has 0 aromatic carbocycles. The number of rotatable bonds is 7. The molecule has 4 aliphatic carbocycles. The lowest BCUT2D eigenvalue weighted by Gasteiger charge is -2.58. The monoisotopic (exact) mass is 466 g/mol. The SMILES string of the molecule is CC(C)CCC[C@@H](C)[C@H]1CC[C@H]2[C@H]3CC=C4C[C@@H](OS(=O)(=O)O)CC[C@]4(C)[C@H]3CC[C@]12C. The van der Waals surface area contributed by atoms with Crippen LogP contribution in [0.1, 0.15) is 105 Å². The molecular formula is C27H46O4S. The average molecular weight is 467 g/mol. The largest absolute Gasteiger partial charge is 0.397 e. The number of fused-ring (bicyclic) bond motifs is 5. The van der Waals surface area contributed by atoms with Gasteiger partial charge in [0.1, 0.15) is 0 Å². The van der Waals surface area contributed by atoms with Crippen molar-refractivity contribution in [3.63, 3.8) is 0 Å². The molecule has 3 fully saturated rings. The van der Waals surface area contributed by atoms with Crippen molar-refractivity contribution in [2.24, 2.45) is 46.3 Å². The lowest BCUT2D eigenvalue weighted by Crippen LogP contribution is -2.51. The molecule has 0 aromatic rings. The Balaban J connectivity index is 1.47. The molecule has 0 aliphatic heterocycles. The standard InChI is InChI=1S/C27H46O4S/c1-18(2)7-6-8-19(3)23-11-12-24-22-10-9-20-17-21(31-32(28,29)30)13-15-26(20,4)25(22)14-16-27(23,24)5/h9,18-19,21-25H,6-8,10-17H2,1-5H3,(H,28,29,30)/t19-,21+,22-,23-,24+,25+,26+,27-/m1/s1. The van der Waals surface area contributed by atoms with Crippen LogP contribution < -0.4 is 0 Å². The zero-order chi connectivity index (χ0) is 23.3. The topological polar surface area (TPSA) is 63.6 Å². The van der Waals surface area contributed by atoms with Crippen LogP contribution in [0.15, 0.2) is 11.6 Å². The molecule has 0 amide bonds. The van der Waals surface area contributed by atoms with Gasteiger partial charge in [-0.2, -0.15) is 8.42 Å². The fourth-order valence-corrected chi connectivity index (χ4v) is 9.41. The highest BCUT2D eigenvalue weighted by atomic mass is 32.3. The molecule has 32 heavy (non-hydrogen) atoms. The first-order valence-corrected chi connectivity index (χ1v) is 14.7. The number of hydrogen-bond donors (Lipinski definition) is 1. The Morgan fingerprint density at radius 2 is 1.81 bits per heavy atom. The molecule has 0 bridgehead atoms. The van der Waals surface area contributed by atoms with Crippen molar-refractivity contribution >= 4 is 10.4 Å². The van der Waals surface area contributed by atoms with E-state index < -0.39 is 16.5 Å². The van der Waals surface area contributed by atoms with Gasteiger partial charge in [0, 0.05) is 0 Å². The van der Waals surface area contributed by atoms with E-state index in [4.69, 9.17) is 8.74 Å². The molecule has 1 N–H and O–H groups in total. The molecule has 0 unspecified atom stereocenters. The van der Waals surface area contributed by atoms with Crippen LogP contribution in [0.3, 0.4) is 0 Å². The molecule has 5 heteroatoms. The zero-order valence-electron chi connectivity index (χ0n) is 21.0. The maximum Gasteiger partial charge on any atom is 0.397 e. The van der Waals surface area contributed by atoms with E-state index in [-0.39, 0.29) is 5.41 Å². The Morgan fingerprint density at radius 3 is 2.50 bits per heavy atom.